The predicted octanol–water partition coefficient (Wildman–Crippen LogP) is 4.19. The van der Waals surface area contributed by atoms with Crippen molar-refractivity contribution >= 4 is 28.4 Å². The third-order valence-corrected chi connectivity index (χ3v) is 3.91. The zero-order valence-electron chi connectivity index (χ0n) is 11.4. The van der Waals surface area contributed by atoms with Gasteiger partial charge in [0.1, 0.15) is 0 Å². The van der Waals surface area contributed by atoms with Gasteiger partial charge >= 0.3 is 0 Å². The van der Waals surface area contributed by atoms with Gasteiger partial charge in [0.15, 0.2) is 0 Å². The van der Waals surface area contributed by atoms with E-state index in [1.165, 1.54) is 5.56 Å². The molecule has 4 aromatic rings. The predicted molar refractivity (Wildman–Crippen MR) is 86.8 cm³/mol. The van der Waals surface area contributed by atoms with Crippen LogP contribution in [0.1, 0.15) is 0 Å². The van der Waals surface area contributed by atoms with Crippen molar-refractivity contribution in [3.05, 3.63) is 60.8 Å². The first-order valence-corrected chi connectivity index (χ1v) is 7.49. The van der Waals surface area contributed by atoms with Gasteiger partial charge in [-0.05, 0) is 17.7 Å². The number of para-hydroxylation sites is 2. The van der Waals surface area contributed by atoms with E-state index < -0.39 is 0 Å². The summed E-state index contributed by atoms with van der Waals surface area (Å²) < 4.78 is 4.33. The molecule has 0 atom stereocenters. The SMILES string of the molecule is ClCCn1c(-c2ccccc2)cn2c3ccccc3nc12. The second-order valence-electron chi connectivity index (χ2n) is 4.99. The zero-order chi connectivity index (χ0) is 14.2. The number of alkyl halides is 1. The summed E-state index contributed by atoms with van der Waals surface area (Å²) in [6.45, 7) is 0.742. The molecule has 0 saturated carbocycles. The molecule has 0 aliphatic carbocycles. The lowest BCUT2D eigenvalue weighted by Gasteiger charge is -2.06. The monoisotopic (exact) mass is 295 g/mol. The van der Waals surface area contributed by atoms with Crippen LogP contribution in [0.25, 0.3) is 28.1 Å². The van der Waals surface area contributed by atoms with E-state index in [1.807, 2.05) is 36.4 Å². The van der Waals surface area contributed by atoms with Crippen LogP contribution in [0.4, 0.5) is 0 Å². The molecular formula is C17H14ClN3. The van der Waals surface area contributed by atoms with E-state index in [1.54, 1.807) is 0 Å². The van der Waals surface area contributed by atoms with Crippen LogP contribution in [0.3, 0.4) is 0 Å². The first-order chi connectivity index (χ1) is 10.4. The van der Waals surface area contributed by atoms with Gasteiger partial charge in [-0.3, -0.25) is 4.40 Å². The molecular weight excluding hydrogens is 282 g/mol. The number of imidazole rings is 2. The molecule has 0 radical (unpaired) electrons. The number of fused-ring (bicyclic) bond motifs is 3. The third kappa shape index (κ3) is 1.93. The molecule has 0 N–H and O–H groups in total. The summed E-state index contributed by atoms with van der Waals surface area (Å²) >= 11 is 5.99. The summed E-state index contributed by atoms with van der Waals surface area (Å²) in [4.78, 5) is 4.75. The average molecular weight is 296 g/mol. The minimum atomic E-state index is 0.563. The Morgan fingerprint density at radius 3 is 2.52 bits per heavy atom. The lowest BCUT2D eigenvalue weighted by Crippen LogP contribution is -2.01. The van der Waals surface area contributed by atoms with Crippen molar-refractivity contribution in [2.45, 2.75) is 6.54 Å². The van der Waals surface area contributed by atoms with Crippen LogP contribution in [-0.2, 0) is 6.54 Å². The normalized spacial score (nSPS) is 11.5. The van der Waals surface area contributed by atoms with Crippen molar-refractivity contribution < 1.29 is 0 Å². The Bertz CT molecular complexity index is 906. The number of rotatable bonds is 3. The van der Waals surface area contributed by atoms with Crippen molar-refractivity contribution in [1.29, 1.82) is 0 Å². The van der Waals surface area contributed by atoms with Gasteiger partial charge in [0.05, 0.1) is 16.7 Å². The first kappa shape index (κ1) is 12.5. The molecule has 0 aliphatic rings. The number of nitrogens with zero attached hydrogens (tertiary/aromatic N) is 3. The highest BCUT2D eigenvalue weighted by molar-refractivity contribution is 6.17. The largest absolute Gasteiger partial charge is 0.308 e. The Balaban J connectivity index is 2.04. The maximum absolute atomic E-state index is 5.99. The number of aryl methyl sites for hydroxylation is 1. The van der Waals surface area contributed by atoms with Gasteiger partial charge in [-0.15, -0.1) is 11.6 Å². The van der Waals surface area contributed by atoms with Crippen LogP contribution in [0.15, 0.2) is 60.8 Å². The quantitative estimate of drug-likeness (QED) is 0.519. The van der Waals surface area contributed by atoms with Crippen molar-refractivity contribution in [2.24, 2.45) is 0 Å². The third-order valence-electron chi connectivity index (χ3n) is 3.74. The highest BCUT2D eigenvalue weighted by Gasteiger charge is 2.14. The molecule has 0 amide bonds. The molecule has 2 aromatic carbocycles. The molecule has 2 heterocycles. The van der Waals surface area contributed by atoms with Gasteiger partial charge in [0, 0.05) is 18.6 Å². The van der Waals surface area contributed by atoms with Crippen molar-refractivity contribution in [1.82, 2.24) is 14.0 Å². The second-order valence-corrected chi connectivity index (χ2v) is 5.37. The number of benzene rings is 2. The molecule has 4 heteroatoms. The molecule has 3 nitrogen and oxygen atoms in total. The Morgan fingerprint density at radius 2 is 1.71 bits per heavy atom. The molecule has 0 spiro atoms. The summed E-state index contributed by atoms with van der Waals surface area (Å²) in [6.07, 6.45) is 2.15. The van der Waals surface area contributed by atoms with Crippen LogP contribution in [0.5, 0.6) is 0 Å². The second kappa shape index (κ2) is 4.93. The number of hydrogen-bond donors (Lipinski definition) is 0. The molecule has 4 rings (SSSR count). The van der Waals surface area contributed by atoms with Crippen LogP contribution in [-0.4, -0.2) is 19.8 Å². The van der Waals surface area contributed by atoms with Crippen LogP contribution >= 0.6 is 11.6 Å². The van der Waals surface area contributed by atoms with E-state index in [-0.39, 0.29) is 0 Å². The molecule has 104 valence electrons. The Kier molecular flexibility index (Phi) is 2.93. The van der Waals surface area contributed by atoms with E-state index >= 15 is 0 Å². The fourth-order valence-corrected chi connectivity index (χ4v) is 2.96. The summed E-state index contributed by atoms with van der Waals surface area (Å²) in [6, 6.07) is 18.5. The van der Waals surface area contributed by atoms with E-state index in [9.17, 15) is 0 Å². The van der Waals surface area contributed by atoms with E-state index in [0.717, 1.165) is 29.0 Å². The minimum absolute atomic E-state index is 0.563. The fourth-order valence-electron chi connectivity index (χ4n) is 2.79. The molecule has 2 aromatic heterocycles. The van der Waals surface area contributed by atoms with E-state index in [0.29, 0.717) is 5.88 Å². The van der Waals surface area contributed by atoms with Gasteiger partial charge in [0.2, 0.25) is 5.78 Å². The van der Waals surface area contributed by atoms with E-state index in [2.05, 4.69) is 33.4 Å². The van der Waals surface area contributed by atoms with E-state index in [4.69, 9.17) is 16.6 Å². The molecule has 0 unspecified atom stereocenters. The number of aromatic nitrogens is 3. The zero-order valence-corrected chi connectivity index (χ0v) is 12.2. The van der Waals surface area contributed by atoms with Crippen molar-refractivity contribution in [3.63, 3.8) is 0 Å². The van der Waals surface area contributed by atoms with Gasteiger partial charge in [-0.2, -0.15) is 0 Å². The summed E-state index contributed by atoms with van der Waals surface area (Å²) in [5, 5.41) is 0. The minimum Gasteiger partial charge on any atom is -0.308 e. The maximum atomic E-state index is 5.99. The summed E-state index contributed by atoms with van der Waals surface area (Å²) in [5.74, 6) is 1.50. The highest BCUT2D eigenvalue weighted by Crippen LogP contribution is 2.26. The molecule has 0 aliphatic heterocycles. The molecule has 0 bridgehead atoms. The molecule has 0 fully saturated rings. The Morgan fingerprint density at radius 1 is 0.952 bits per heavy atom. The van der Waals surface area contributed by atoms with Gasteiger partial charge in [0.25, 0.3) is 0 Å². The number of halogens is 1. The highest BCUT2D eigenvalue weighted by atomic mass is 35.5. The van der Waals surface area contributed by atoms with Crippen LogP contribution in [0, 0.1) is 0 Å². The molecule has 0 saturated heterocycles. The topological polar surface area (TPSA) is 22.2 Å². The number of hydrogen-bond acceptors (Lipinski definition) is 1. The lowest BCUT2D eigenvalue weighted by molar-refractivity contribution is 0.796. The fraction of sp³-hybridized carbons (Fsp3) is 0.118. The standard InChI is InChI=1S/C17H14ClN3/c18-10-11-20-16(13-6-2-1-3-7-13)12-21-15-9-5-4-8-14(15)19-17(20)21/h1-9,12H,10-11H2. The Labute approximate surface area is 127 Å². The molecule has 21 heavy (non-hydrogen) atoms. The average Bonchev–Trinajstić information content (AvgIpc) is 3.06. The smallest absolute Gasteiger partial charge is 0.215 e. The summed E-state index contributed by atoms with van der Waals surface area (Å²) in [7, 11) is 0. The van der Waals surface area contributed by atoms with Gasteiger partial charge < -0.3 is 4.57 Å². The van der Waals surface area contributed by atoms with Crippen molar-refractivity contribution in [3.8, 4) is 11.3 Å². The van der Waals surface area contributed by atoms with Crippen LogP contribution < -0.4 is 0 Å². The van der Waals surface area contributed by atoms with Gasteiger partial charge in [-0.25, -0.2) is 4.98 Å². The van der Waals surface area contributed by atoms with Gasteiger partial charge in [-0.1, -0.05) is 42.5 Å². The van der Waals surface area contributed by atoms with Crippen molar-refractivity contribution in [2.75, 3.05) is 5.88 Å². The first-order valence-electron chi connectivity index (χ1n) is 6.96. The summed E-state index contributed by atoms with van der Waals surface area (Å²) in [5.41, 5.74) is 4.45. The van der Waals surface area contributed by atoms with Crippen LogP contribution in [0.2, 0.25) is 0 Å². The maximum Gasteiger partial charge on any atom is 0.215 e. The Hall–Kier alpha value is -2.26. The lowest BCUT2D eigenvalue weighted by atomic mass is 10.2.